The van der Waals surface area contributed by atoms with Gasteiger partial charge in [-0.1, -0.05) is 20.8 Å². The molecule has 98 valence electrons. The third-order valence-corrected chi connectivity index (χ3v) is 4.25. The number of rotatable bonds is 9. The number of hydrogen-bond acceptors (Lipinski definition) is 3. The molecule has 0 aromatic heterocycles. The second kappa shape index (κ2) is 8.03. The van der Waals surface area contributed by atoms with Crippen molar-refractivity contribution < 1.29 is 8.42 Å². The average Bonchev–Trinajstić information content (AvgIpc) is 2.17. The quantitative estimate of drug-likeness (QED) is 0.607. The second-order valence-corrected chi connectivity index (χ2v) is 6.82. The maximum Gasteiger partial charge on any atom is 0.215 e. The van der Waals surface area contributed by atoms with Crippen LogP contribution >= 0.6 is 0 Å². The molecule has 2 N–H and O–H groups in total. The molecule has 0 aliphatic carbocycles. The van der Waals surface area contributed by atoms with E-state index in [1.54, 1.807) is 6.92 Å². The molecule has 0 aromatic carbocycles. The first kappa shape index (κ1) is 15.9. The van der Waals surface area contributed by atoms with Crippen LogP contribution in [0.1, 0.15) is 40.5 Å². The van der Waals surface area contributed by atoms with E-state index in [0.717, 1.165) is 19.4 Å². The van der Waals surface area contributed by atoms with Crippen LogP contribution in [0.3, 0.4) is 0 Å². The van der Waals surface area contributed by atoms with Crippen molar-refractivity contribution >= 4 is 10.0 Å². The Morgan fingerprint density at radius 1 is 1.12 bits per heavy atom. The lowest BCUT2D eigenvalue weighted by molar-refractivity contribution is 0.537. The number of hydrogen-bond donors (Lipinski definition) is 2. The van der Waals surface area contributed by atoms with Crippen molar-refractivity contribution in [2.75, 3.05) is 19.6 Å². The van der Waals surface area contributed by atoms with Gasteiger partial charge in [-0.25, -0.2) is 13.1 Å². The molecule has 4 nitrogen and oxygen atoms in total. The van der Waals surface area contributed by atoms with E-state index in [1.807, 2.05) is 0 Å². The maximum absolute atomic E-state index is 11.8. The van der Waals surface area contributed by atoms with Crippen molar-refractivity contribution in [2.24, 2.45) is 5.92 Å². The topological polar surface area (TPSA) is 58.2 Å². The molecule has 5 heteroatoms. The molecular formula is C11H26N2O2S. The zero-order chi connectivity index (χ0) is 12.6. The minimum Gasteiger partial charge on any atom is -0.315 e. The molecule has 0 aliphatic rings. The summed E-state index contributed by atoms with van der Waals surface area (Å²) in [5.74, 6) is 0.524. The molecule has 1 unspecified atom stereocenters. The molecule has 1 atom stereocenters. The zero-order valence-electron chi connectivity index (χ0n) is 10.9. The Labute approximate surface area is 100 Å². The third-order valence-electron chi connectivity index (χ3n) is 2.41. The SMILES string of the molecule is CCCNCC(C)S(=O)(=O)NCCC(C)C. The molecule has 0 radical (unpaired) electrons. The Hall–Kier alpha value is -0.130. The molecule has 0 spiro atoms. The summed E-state index contributed by atoms with van der Waals surface area (Å²) >= 11 is 0. The van der Waals surface area contributed by atoms with E-state index in [2.05, 4.69) is 30.8 Å². The Morgan fingerprint density at radius 2 is 1.75 bits per heavy atom. The summed E-state index contributed by atoms with van der Waals surface area (Å²) < 4.78 is 26.2. The van der Waals surface area contributed by atoms with Crippen LogP contribution in [0.5, 0.6) is 0 Å². The normalized spacial score (nSPS) is 14.3. The zero-order valence-corrected chi connectivity index (χ0v) is 11.7. The van der Waals surface area contributed by atoms with Gasteiger partial charge in [-0.15, -0.1) is 0 Å². The van der Waals surface area contributed by atoms with Crippen molar-refractivity contribution in [3.05, 3.63) is 0 Å². The molecule has 16 heavy (non-hydrogen) atoms. The average molecular weight is 250 g/mol. The smallest absolute Gasteiger partial charge is 0.215 e. The van der Waals surface area contributed by atoms with E-state index >= 15 is 0 Å². The molecule has 0 amide bonds. The highest BCUT2D eigenvalue weighted by molar-refractivity contribution is 7.90. The Kier molecular flexibility index (Phi) is 7.97. The summed E-state index contributed by atoms with van der Waals surface area (Å²) in [6.45, 7) is 9.89. The standard InChI is InChI=1S/C11H26N2O2S/c1-5-7-12-9-11(4)16(14,15)13-8-6-10(2)3/h10-13H,5-9H2,1-4H3. The largest absolute Gasteiger partial charge is 0.315 e. The van der Waals surface area contributed by atoms with E-state index in [1.165, 1.54) is 0 Å². The van der Waals surface area contributed by atoms with E-state index in [-0.39, 0.29) is 5.25 Å². The van der Waals surface area contributed by atoms with Gasteiger partial charge >= 0.3 is 0 Å². The van der Waals surface area contributed by atoms with Crippen LogP contribution in [0.25, 0.3) is 0 Å². The van der Waals surface area contributed by atoms with Gasteiger partial charge < -0.3 is 5.32 Å². The monoisotopic (exact) mass is 250 g/mol. The van der Waals surface area contributed by atoms with Crippen molar-refractivity contribution in [3.8, 4) is 0 Å². The minimum atomic E-state index is -3.15. The summed E-state index contributed by atoms with van der Waals surface area (Å²) in [5, 5.41) is 2.75. The van der Waals surface area contributed by atoms with Gasteiger partial charge in [0.25, 0.3) is 0 Å². The molecule has 0 aliphatic heterocycles. The second-order valence-electron chi connectivity index (χ2n) is 4.64. The molecule has 0 saturated heterocycles. The van der Waals surface area contributed by atoms with Gasteiger partial charge in [0.1, 0.15) is 0 Å². The lowest BCUT2D eigenvalue weighted by Crippen LogP contribution is -2.39. The summed E-state index contributed by atoms with van der Waals surface area (Å²) in [5.41, 5.74) is 0. The van der Waals surface area contributed by atoms with E-state index in [4.69, 9.17) is 0 Å². The predicted molar refractivity (Wildman–Crippen MR) is 69.0 cm³/mol. The third kappa shape index (κ3) is 7.19. The molecule has 0 bridgehead atoms. The summed E-state index contributed by atoms with van der Waals surface area (Å²) in [6, 6.07) is 0. The van der Waals surface area contributed by atoms with Crippen LogP contribution in [0.4, 0.5) is 0 Å². The van der Waals surface area contributed by atoms with Crippen molar-refractivity contribution in [1.29, 1.82) is 0 Å². The van der Waals surface area contributed by atoms with Crippen molar-refractivity contribution in [3.63, 3.8) is 0 Å². The lowest BCUT2D eigenvalue weighted by Gasteiger charge is -2.15. The first-order valence-electron chi connectivity index (χ1n) is 6.09. The summed E-state index contributed by atoms with van der Waals surface area (Å²) in [6.07, 6.45) is 1.90. The van der Waals surface area contributed by atoms with Crippen LogP contribution in [-0.4, -0.2) is 33.3 Å². The first-order valence-corrected chi connectivity index (χ1v) is 7.64. The van der Waals surface area contributed by atoms with Gasteiger partial charge in [-0.05, 0) is 32.2 Å². The van der Waals surface area contributed by atoms with Crippen LogP contribution < -0.4 is 10.0 Å². The Bertz CT molecular complexity index is 263. The lowest BCUT2D eigenvalue weighted by atomic mass is 10.1. The van der Waals surface area contributed by atoms with Gasteiger partial charge in [0.2, 0.25) is 10.0 Å². The maximum atomic E-state index is 11.8. The minimum absolute atomic E-state index is 0.369. The first-order chi connectivity index (χ1) is 7.40. The fraction of sp³-hybridized carbons (Fsp3) is 1.00. The summed E-state index contributed by atoms with van der Waals surface area (Å²) in [4.78, 5) is 0. The fourth-order valence-corrected chi connectivity index (χ4v) is 2.25. The Balaban J connectivity index is 3.91. The highest BCUT2D eigenvalue weighted by Gasteiger charge is 2.19. The van der Waals surface area contributed by atoms with E-state index in [9.17, 15) is 8.42 Å². The van der Waals surface area contributed by atoms with Crippen molar-refractivity contribution in [1.82, 2.24) is 10.0 Å². The molecule has 0 saturated carbocycles. The molecule has 0 heterocycles. The van der Waals surface area contributed by atoms with Crippen LogP contribution in [0, 0.1) is 5.92 Å². The van der Waals surface area contributed by atoms with Gasteiger partial charge in [0.15, 0.2) is 0 Å². The van der Waals surface area contributed by atoms with Crippen LogP contribution in [0.2, 0.25) is 0 Å². The van der Waals surface area contributed by atoms with E-state index < -0.39 is 10.0 Å². The fourth-order valence-electron chi connectivity index (χ4n) is 1.22. The Morgan fingerprint density at radius 3 is 2.25 bits per heavy atom. The molecule has 0 rings (SSSR count). The highest BCUT2D eigenvalue weighted by Crippen LogP contribution is 2.00. The summed E-state index contributed by atoms with van der Waals surface area (Å²) in [7, 11) is -3.15. The van der Waals surface area contributed by atoms with Crippen molar-refractivity contribution in [2.45, 2.75) is 45.8 Å². The number of nitrogens with one attached hydrogen (secondary N) is 2. The van der Waals surface area contributed by atoms with Gasteiger partial charge in [0, 0.05) is 13.1 Å². The number of sulfonamides is 1. The molecular weight excluding hydrogens is 224 g/mol. The van der Waals surface area contributed by atoms with Crippen LogP contribution in [0.15, 0.2) is 0 Å². The molecule has 0 aromatic rings. The molecule has 0 fully saturated rings. The highest BCUT2D eigenvalue weighted by atomic mass is 32.2. The van der Waals surface area contributed by atoms with Gasteiger partial charge in [0.05, 0.1) is 5.25 Å². The van der Waals surface area contributed by atoms with Gasteiger partial charge in [-0.2, -0.15) is 0 Å². The van der Waals surface area contributed by atoms with E-state index in [0.29, 0.717) is 19.0 Å². The predicted octanol–water partition coefficient (Wildman–Crippen LogP) is 1.34. The van der Waals surface area contributed by atoms with Gasteiger partial charge in [-0.3, -0.25) is 0 Å². The van der Waals surface area contributed by atoms with Crippen LogP contribution in [-0.2, 0) is 10.0 Å².